The molecule has 1 fully saturated rings. The predicted molar refractivity (Wildman–Crippen MR) is 79.0 cm³/mol. The molecule has 2 N–H and O–H groups in total. The van der Waals surface area contributed by atoms with Gasteiger partial charge in [0.25, 0.3) is 0 Å². The fourth-order valence-corrected chi connectivity index (χ4v) is 3.38. The molecular weight excluding hydrogens is 266 g/mol. The Labute approximate surface area is 122 Å². The Morgan fingerprint density at radius 1 is 1.19 bits per heavy atom. The van der Waals surface area contributed by atoms with E-state index < -0.39 is 6.03 Å². The van der Waals surface area contributed by atoms with Crippen molar-refractivity contribution < 1.29 is 4.79 Å². The van der Waals surface area contributed by atoms with E-state index in [4.69, 9.17) is 5.73 Å². The highest BCUT2D eigenvalue weighted by atomic mass is 16.2. The van der Waals surface area contributed by atoms with Crippen LogP contribution in [0.15, 0.2) is 42.7 Å². The molecule has 4 heterocycles. The number of carbonyl (C=O) groups is 1. The van der Waals surface area contributed by atoms with E-state index in [9.17, 15) is 4.79 Å². The fraction of sp³-hybridized carbons (Fsp3) is 0.267. The first-order valence-electron chi connectivity index (χ1n) is 6.97. The molecule has 106 valence electrons. The van der Waals surface area contributed by atoms with Crippen LogP contribution in [0.3, 0.4) is 0 Å². The quantitative estimate of drug-likeness (QED) is 0.863. The molecule has 1 saturated heterocycles. The molecule has 0 radical (unpaired) electrons. The second-order valence-corrected chi connectivity index (χ2v) is 5.37. The predicted octanol–water partition coefficient (Wildman–Crippen LogP) is 1.70. The van der Waals surface area contributed by atoms with E-state index in [1.165, 1.54) is 0 Å². The Kier molecular flexibility index (Phi) is 2.57. The van der Waals surface area contributed by atoms with Gasteiger partial charge in [0.15, 0.2) is 5.82 Å². The summed E-state index contributed by atoms with van der Waals surface area (Å²) >= 11 is 0. The van der Waals surface area contributed by atoms with Crippen LogP contribution in [-0.4, -0.2) is 28.6 Å². The number of rotatable bonds is 1. The summed E-state index contributed by atoms with van der Waals surface area (Å²) in [5.41, 5.74) is 7.52. The number of nitrogens with two attached hydrogens (primary N) is 1. The van der Waals surface area contributed by atoms with Crippen molar-refractivity contribution >= 4 is 17.5 Å². The number of urea groups is 1. The number of nitrogens with zero attached hydrogens (tertiary/aromatic N) is 4. The molecule has 6 heteroatoms. The largest absolute Gasteiger partial charge is 0.358 e. The van der Waals surface area contributed by atoms with Crippen LogP contribution in [0, 0.1) is 0 Å². The van der Waals surface area contributed by atoms with Crippen LogP contribution in [0.5, 0.6) is 0 Å². The van der Waals surface area contributed by atoms with Crippen molar-refractivity contribution in [3.8, 4) is 0 Å². The topological polar surface area (TPSA) is 75.4 Å². The summed E-state index contributed by atoms with van der Waals surface area (Å²) in [5.74, 6) is 0.652. The van der Waals surface area contributed by atoms with Gasteiger partial charge in [-0.05, 0) is 30.7 Å². The van der Waals surface area contributed by atoms with Gasteiger partial charge < -0.3 is 10.6 Å². The molecular formula is C15H15N5O. The SMILES string of the molecule is NC(=O)N1c2ncccc2N2CC1CC2c1ccccn1. The number of carbonyl (C=O) groups excluding carboxylic acids is 1. The number of hydrogen-bond acceptors (Lipinski definition) is 4. The number of anilines is 2. The van der Waals surface area contributed by atoms with Gasteiger partial charge in [-0.3, -0.25) is 9.88 Å². The third kappa shape index (κ3) is 1.75. The lowest BCUT2D eigenvalue weighted by molar-refractivity contribution is 0.251. The summed E-state index contributed by atoms with van der Waals surface area (Å²) < 4.78 is 0. The average Bonchev–Trinajstić information content (AvgIpc) is 2.88. The second-order valence-electron chi connectivity index (χ2n) is 5.37. The van der Waals surface area contributed by atoms with E-state index in [0.717, 1.165) is 24.3 Å². The van der Waals surface area contributed by atoms with Crippen molar-refractivity contribution in [2.45, 2.75) is 18.5 Å². The minimum atomic E-state index is -0.443. The highest BCUT2D eigenvalue weighted by Gasteiger charge is 2.45. The number of hydrogen-bond donors (Lipinski definition) is 1. The lowest BCUT2D eigenvalue weighted by Gasteiger charge is -2.35. The number of primary amides is 1. The molecule has 6 nitrogen and oxygen atoms in total. The van der Waals surface area contributed by atoms with Gasteiger partial charge >= 0.3 is 6.03 Å². The lowest BCUT2D eigenvalue weighted by Crippen LogP contribution is -2.48. The summed E-state index contributed by atoms with van der Waals surface area (Å²) in [4.78, 5) is 24.5. The molecule has 0 aliphatic carbocycles. The first-order valence-corrected chi connectivity index (χ1v) is 6.97. The normalized spacial score (nSPS) is 23.0. The molecule has 0 spiro atoms. The molecule has 0 aromatic carbocycles. The summed E-state index contributed by atoms with van der Waals surface area (Å²) in [7, 11) is 0. The van der Waals surface area contributed by atoms with Crippen molar-refractivity contribution in [1.29, 1.82) is 0 Å². The van der Waals surface area contributed by atoms with Crippen LogP contribution in [-0.2, 0) is 0 Å². The molecule has 2 aliphatic rings. The number of pyridine rings is 2. The standard InChI is InChI=1S/C15H15N5O/c16-15(21)20-10-8-13(11-4-1-2-6-17-11)19(9-10)12-5-3-7-18-14(12)20/h1-7,10,13H,8-9H2,(H2,16,21). The average molecular weight is 281 g/mol. The van der Waals surface area contributed by atoms with E-state index in [-0.39, 0.29) is 12.1 Å². The maximum Gasteiger partial charge on any atom is 0.320 e. The monoisotopic (exact) mass is 281 g/mol. The Balaban J connectivity index is 1.82. The smallest absolute Gasteiger partial charge is 0.320 e. The summed E-state index contributed by atoms with van der Waals surface area (Å²) in [6.07, 6.45) is 4.31. The Bertz CT molecular complexity index is 689. The van der Waals surface area contributed by atoms with E-state index >= 15 is 0 Å². The lowest BCUT2D eigenvalue weighted by atomic mass is 10.1. The zero-order valence-electron chi connectivity index (χ0n) is 11.4. The molecule has 2 unspecified atom stereocenters. The molecule has 2 amide bonds. The maximum absolute atomic E-state index is 11.8. The maximum atomic E-state index is 11.8. The molecule has 21 heavy (non-hydrogen) atoms. The van der Waals surface area contributed by atoms with E-state index in [1.54, 1.807) is 17.3 Å². The van der Waals surface area contributed by atoms with Gasteiger partial charge in [-0.25, -0.2) is 9.78 Å². The van der Waals surface area contributed by atoms with E-state index in [0.29, 0.717) is 5.82 Å². The minimum Gasteiger partial charge on any atom is -0.358 e. The zero-order chi connectivity index (χ0) is 14.4. The molecule has 2 aromatic heterocycles. The Morgan fingerprint density at radius 2 is 2.05 bits per heavy atom. The van der Waals surface area contributed by atoms with Gasteiger partial charge in [-0.15, -0.1) is 0 Å². The molecule has 2 atom stereocenters. The van der Waals surface area contributed by atoms with Gasteiger partial charge in [-0.2, -0.15) is 0 Å². The fourth-order valence-electron chi connectivity index (χ4n) is 3.38. The molecule has 4 rings (SSSR count). The van der Waals surface area contributed by atoms with Crippen molar-refractivity contribution in [2.75, 3.05) is 16.3 Å². The second kappa shape index (κ2) is 4.44. The highest BCUT2D eigenvalue weighted by Crippen LogP contribution is 2.46. The van der Waals surface area contributed by atoms with Gasteiger partial charge in [-0.1, -0.05) is 6.07 Å². The van der Waals surface area contributed by atoms with Gasteiger partial charge in [0.1, 0.15) is 0 Å². The third-order valence-electron chi connectivity index (χ3n) is 4.21. The van der Waals surface area contributed by atoms with E-state index in [2.05, 4.69) is 14.9 Å². The van der Waals surface area contributed by atoms with Crippen molar-refractivity contribution in [3.63, 3.8) is 0 Å². The summed E-state index contributed by atoms with van der Waals surface area (Å²) in [5, 5.41) is 0. The third-order valence-corrected chi connectivity index (χ3v) is 4.21. The van der Waals surface area contributed by atoms with Gasteiger partial charge in [0.2, 0.25) is 0 Å². The summed E-state index contributed by atoms with van der Waals surface area (Å²) in [6, 6.07) is 9.55. The molecule has 2 aromatic rings. The molecule has 2 bridgehead atoms. The van der Waals surface area contributed by atoms with Crippen LogP contribution in [0.2, 0.25) is 0 Å². The number of aromatic nitrogens is 2. The van der Waals surface area contributed by atoms with Gasteiger partial charge in [0.05, 0.1) is 23.5 Å². The molecule has 2 aliphatic heterocycles. The van der Waals surface area contributed by atoms with Crippen molar-refractivity contribution in [3.05, 3.63) is 48.4 Å². The minimum absolute atomic E-state index is 0.0527. The van der Waals surface area contributed by atoms with Crippen molar-refractivity contribution in [2.24, 2.45) is 5.73 Å². The van der Waals surface area contributed by atoms with Crippen LogP contribution < -0.4 is 15.5 Å². The van der Waals surface area contributed by atoms with Crippen LogP contribution in [0.4, 0.5) is 16.3 Å². The Hall–Kier alpha value is -2.63. The van der Waals surface area contributed by atoms with Crippen LogP contribution in [0.1, 0.15) is 18.2 Å². The first-order chi connectivity index (χ1) is 10.3. The highest BCUT2D eigenvalue weighted by molar-refractivity contribution is 5.95. The zero-order valence-corrected chi connectivity index (χ0v) is 11.4. The number of fused-ring (bicyclic) bond motifs is 4. The van der Waals surface area contributed by atoms with Crippen LogP contribution in [0.25, 0.3) is 0 Å². The van der Waals surface area contributed by atoms with E-state index in [1.807, 2.05) is 30.3 Å². The van der Waals surface area contributed by atoms with Gasteiger partial charge in [0, 0.05) is 18.9 Å². The number of amides is 2. The van der Waals surface area contributed by atoms with Crippen LogP contribution >= 0.6 is 0 Å². The van der Waals surface area contributed by atoms with Crippen molar-refractivity contribution in [1.82, 2.24) is 9.97 Å². The Morgan fingerprint density at radius 3 is 2.81 bits per heavy atom. The first kappa shape index (κ1) is 12.1. The summed E-state index contributed by atoms with van der Waals surface area (Å²) in [6.45, 7) is 0.767. The molecule has 0 saturated carbocycles.